The quantitative estimate of drug-likeness (QED) is 0.362. The van der Waals surface area contributed by atoms with Crippen molar-refractivity contribution in [3.05, 3.63) is 28.8 Å². The van der Waals surface area contributed by atoms with E-state index in [1.165, 1.54) is 0 Å². The molecule has 0 bridgehead atoms. The van der Waals surface area contributed by atoms with Crippen LogP contribution in [-0.4, -0.2) is 11.0 Å². The molecule has 0 radical (unpaired) electrons. The molecule has 0 aliphatic rings. The number of carbonyl (C=O) groups is 1. The van der Waals surface area contributed by atoms with Crippen molar-refractivity contribution in [2.75, 3.05) is 0 Å². The van der Waals surface area contributed by atoms with Crippen LogP contribution in [0, 0.1) is 5.95 Å². The van der Waals surface area contributed by atoms with E-state index in [0.717, 1.165) is 12.3 Å². The Hall–Kier alpha value is -0.160. The summed E-state index contributed by atoms with van der Waals surface area (Å²) in [5.74, 6) is -2.72. The summed E-state index contributed by atoms with van der Waals surface area (Å²) in [5, 5.41) is 10.2. The van der Waals surface area contributed by atoms with Crippen LogP contribution in [0.4, 0.5) is 4.39 Å². The topological polar surface area (TPSA) is 53.0 Å². The second-order valence-electron chi connectivity index (χ2n) is 1.78. The molecule has 0 atom stereocenters. The first-order chi connectivity index (χ1) is 5.11. The minimum Gasteiger partial charge on any atom is -0.545 e. The second kappa shape index (κ2) is 4.77. The Balaban J connectivity index is 0.00000121. The van der Waals surface area contributed by atoms with Crippen LogP contribution in [0.25, 0.3) is 0 Å². The fraction of sp³-hybridized carbons (Fsp3) is 0. The van der Waals surface area contributed by atoms with Gasteiger partial charge in [0.2, 0.25) is 5.95 Å². The van der Waals surface area contributed by atoms with E-state index < -0.39 is 17.5 Å². The molecule has 0 saturated carbocycles. The minimum absolute atomic E-state index is 0. The summed E-state index contributed by atoms with van der Waals surface area (Å²) in [6.07, 6.45) is 1.02. The molecule has 0 aliphatic heterocycles. The van der Waals surface area contributed by atoms with Crippen LogP contribution >= 0.6 is 11.6 Å². The summed E-state index contributed by atoms with van der Waals surface area (Å²) in [5.41, 5.74) is -0.627. The normalized spacial score (nSPS) is 8.83. The third kappa shape index (κ3) is 2.71. The zero-order valence-electron chi connectivity index (χ0n) is 6.17. The van der Waals surface area contributed by atoms with Crippen molar-refractivity contribution in [1.82, 2.24) is 4.98 Å². The number of aromatic nitrogens is 1. The number of hydrogen-bond donors (Lipinski definition) is 0. The molecule has 3 nitrogen and oxygen atoms in total. The van der Waals surface area contributed by atoms with E-state index in [9.17, 15) is 14.3 Å². The molecule has 1 aromatic heterocycles. The van der Waals surface area contributed by atoms with Gasteiger partial charge >= 0.3 is 29.6 Å². The molecular weight excluding hydrogens is 196 g/mol. The van der Waals surface area contributed by atoms with Crippen molar-refractivity contribution < 1.29 is 43.8 Å². The molecule has 0 aromatic carbocycles. The van der Waals surface area contributed by atoms with Crippen LogP contribution < -0.4 is 34.7 Å². The summed E-state index contributed by atoms with van der Waals surface area (Å²) in [6.45, 7) is 0. The molecular formula is C6H2ClFNNaO2. The molecule has 0 amide bonds. The molecule has 12 heavy (non-hydrogen) atoms. The first-order valence-electron chi connectivity index (χ1n) is 2.63. The maximum Gasteiger partial charge on any atom is 1.00 e. The molecule has 1 aromatic rings. The predicted molar refractivity (Wildman–Crippen MR) is 33.5 cm³/mol. The fourth-order valence-corrected chi connectivity index (χ4v) is 0.724. The van der Waals surface area contributed by atoms with Gasteiger partial charge in [-0.15, -0.1) is 0 Å². The van der Waals surface area contributed by atoms with Gasteiger partial charge in [-0.3, -0.25) is 0 Å². The van der Waals surface area contributed by atoms with Gasteiger partial charge in [0, 0.05) is 6.20 Å². The van der Waals surface area contributed by atoms with Crippen molar-refractivity contribution in [2.45, 2.75) is 0 Å². The van der Waals surface area contributed by atoms with Gasteiger partial charge in [0.25, 0.3) is 0 Å². The molecule has 58 valence electrons. The monoisotopic (exact) mass is 197 g/mol. The Kier molecular flexibility index (Phi) is 4.70. The van der Waals surface area contributed by atoms with E-state index in [-0.39, 0.29) is 34.6 Å². The minimum atomic E-state index is -1.63. The standard InChI is InChI=1S/C6H3ClFNO2.Na/c7-3-1-4(6(10)11)5(8)9-2-3;/h1-2H,(H,10,11);/q;+1/p-1. The Morgan fingerprint density at radius 2 is 2.25 bits per heavy atom. The van der Waals surface area contributed by atoms with E-state index in [0.29, 0.717) is 0 Å². The maximum atomic E-state index is 12.4. The van der Waals surface area contributed by atoms with Gasteiger partial charge in [-0.1, -0.05) is 11.6 Å². The van der Waals surface area contributed by atoms with Gasteiger partial charge in [0.1, 0.15) is 0 Å². The van der Waals surface area contributed by atoms with E-state index in [1.807, 2.05) is 0 Å². The third-order valence-corrected chi connectivity index (χ3v) is 1.23. The number of rotatable bonds is 1. The zero-order chi connectivity index (χ0) is 8.43. The van der Waals surface area contributed by atoms with Crippen molar-refractivity contribution in [3.8, 4) is 0 Å². The molecule has 1 rings (SSSR count). The molecule has 0 aliphatic carbocycles. The average molecular weight is 198 g/mol. The van der Waals surface area contributed by atoms with E-state index in [4.69, 9.17) is 11.6 Å². The predicted octanol–water partition coefficient (Wildman–Crippen LogP) is -2.76. The molecule has 1 heterocycles. The average Bonchev–Trinajstić information content (AvgIpc) is 1.94. The van der Waals surface area contributed by atoms with Gasteiger partial charge in [0.05, 0.1) is 16.6 Å². The molecule has 0 saturated heterocycles. The number of carbonyl (C=O) groups excluding carboxylic acids is 1. The summed E-state index contributed by atoms with van der Waals surface area (Å²) in [7, 11) is 0. The zero-order valence-corrected chi connectivity index (χ0v) is 8.93. The van der Waals surface area contributed by atoms with Gasteiger partial charge in [-0.2, -0.15) is 4.39 Å². The number of nitrogens with zero attached hydrogens (tertiary/aromatic N) is 1. The van der Waals surface area contributed by atoms with Crippen molar-refractivity contribution in [1.29, 1.82) is 0 Å². The van der Waals surface area contributed by atoms with Gasteiger partial charge in [-0.05, 0) is 6.07 Å². The van der Waals surface area contributed by atoms with E-state index >= 15 is 0 Å². The van der Waals surface area contributed by atoms with Crippen molar-refractivity contribution in [3.63, 3.8) is 0 Å². The summed E-state index contributed by atoms with van der Waals surface area (Å²) in [4.78, 5) is 13.2. The Labute approximate surface area is 94.9 Å². The Bertz CT molecular complexity index is 308. The maximum absolute atomic E-state index is 12.4. The summed E-state index contributed by atoms with van der Waals surface area (Å²) >= 11 is 5.34. The Morgan fingerprint density at radius 1 is 1.67 bits per heavy atom. The third-order valence-electron chi connectivity index (χ3n) is 1.03. The second-order valence-corrected chi connectivity index (χ2v) is 2.22. The van der Waals surface area contributed by atoms with E-state index in [1.54, 1.807) is 0 Å². The molecule has 6 heteroatoms. The largest absolute Gasteiger partial charge is 1.00 e. The smallest absolute Gasteiger partial charge is 0.545 e. The number of pyridine rings is 1. The molecule has 0 unspecified atom stereocenters. The van der Waals surface area contributed by atoms with Crippen molar-refractivity contribution in [2.24, 2.45) is 0 Å². The van der Waals surface area contributed by atoms with Gasteiger partial charge < -0.3 is 9.90 Å². The number of halogens is 2. The van der Waals surface area contributed by atoms with Crippen LogP contribution in [0.1, 0.15) is 10.4 Å². The van der Waals surface area contributed by atoms with Gasteiger partial charge in [-0.25, -0.2) is 4.98 Å². The number of aromatic carboxylic acids is 1. The van der Waals surface area contributed by atoms with Gasteiger partial charge in [0.15, 0.2) is 0 Å². The van der Waals surface area contributed by atoms with Crippen LogP contribution in [0.3, 0.4) is 0 Å². The van der Waals surface area contributed by atoms with Crippen LogP contribution in [0.5, 0.6) is 0 Å². The van der Waals surface area contributed by atoms with Crippen LogP contribution in [0.15, 0.2) is 12.3 Å². The SMILES string of the molecule is O=C([O-])c1cc(Cl)cnc1F.[Na+]. The van der Waals surface area contributed by atoms with Crippen LogP contribution in [0.2, 0.25) is 5.02 Å². The number of carboxylic acid groups (broad SMARTS) is 1. The fourth-order valence-electron chi connectivity index (χ4n) is 0.566. The molecule has 0 N–H and O–H groups in total. The number of carboxylic acids is 1. The van der Waals surface area contributed by atoms with E-state index in [2.05, 4.69) is 4.98 Å². The van der Waals surface area contributed by atoms with Crippen LogP contribution in [-0.2, 0) is 0 Å². The first-order valence-corrected chi connectivity index (χ1v) is 3.01. The summed E-state index contributed by atoms with van der Waals surface area (Å²) < 4.78 is 12.4. The Morgan fingerprint density at radius 3 is 2.67 bits per heavy atom. The summed E-state index contributed by atoms with van der Waals surface area (Å²) in [6, 6.07) is 0.944. The number of hydrogen-bond acceptors (Lipinski definition) is 3. The molecule has 0 fully saturated rings. The molecule has 0 spiro atoms. The first kappa shape index (κ1) is 11.8. The van der Waals surface area contributed by atoms with Crippen molar-refractivity contribution >= 4 is 17.6 Å².